The molecule has 0 saturated carbocycles. The number of aliphatic carboxylic acids is 1. The van der Waals surface area contributed by atoms with Crippen LogP contribution in [0.3, 0.4) is 0 Å². The highest BCUT2D eigenvalue weighted by Gasteiger charge is 2.27. The van der Waals surface area contributed by atoms with Crippen molar-refractivity contribution in [1.29, 1.82) is 0 Å². The molecule has 1 saturated heterocycles. The number of rotatable bonds is 3. The number of amides is 1. The number of carbonyl (C=O) groups excluding carboxylic acids is 1. The number of nitrogens with two attached hydrogens (primary N) is 1. The topological polar surface area (TPSA) is 83.6 Å². The molecule has 102 valence electrons. The predicted molar refractivity (Wildman–Crippen MR) is 72.2 cm³/mol. The zero-order chi connectivity index (χ0) is 13.8. The van der Waals surface area contributed by atoms with Gasteiger partial charge in [-0.1, -0.05) is 12.8 Å². The van der Waals surface area contributed by atoms with Crippen molar-refractivity contribution in [3.8, 4) is 0 Å². The van der Waals surface area contributed by atoms with E-state index < -0.39 is 17.9 Å². The molecule has 1 fully saturated rings. The molecule has 5 heteroatoms. The monoisotopic (exact) mass is 262 g/mol. The second kappa shape index (κ2) is 5.73. The Balaban J connectivity index is 2.25. The zero-order valence-electron chi connectivity index (χ0n) is 10.7. The first-order valence-corrected chi connectivity index (χ1v) is 6.49. The third-order valence-electron chi connectivity index (χ3n) is 3.52. The van der Waals surface area contributed by atoms with Gasteiger partial charge in [-0.15, -0.1) is 0 Å². The second-order valence-electron chi connectivity index (χ2n) is 4.81. The smallest absolute Gasteiger partial charge is 0.326 e. The average molecular weight is 262 g/mol. The number of hydrogen-bond acceptors (Lipinski definition) is 3. The Kier molecular flexibility index (Phi) is 4.04. The van der Waals surface area contributed by atoms with Crippen LogP contribution < -0.4 is 10.6 Å². The molecule has 1 heterocycles. The fourth-order valence-corrected chi connectivity index (χ4v) is 2.49. The van der Waals surface area contributed by atoms with Crippen LogP contribution in [0.4, 0.5) is 5.69 Å². The van der Waals surface area contributed by atoms with Crippen LogP contribution in [0.2, 0.25) is 0 Å². The van der Waals surface area contributed by atoms with E-state index in [4.69, 9.17) is 5.73 Å². The lowest BCUT2D eigenvalue weighted by Gasteiger charge is -2.29. The maximum atomic E-state index is 11.4. The molecule has 0 radical (unpaired) electrons. The second-order valence-corrected chi connectivity index (χ2v) is 4.81. The van der Waals surface area contributed by atoms with Gasteiger partial charge in [0.15, 0.2) is 0 Å². The van der Waals surface area contributed by atoms with E-state index in [1.54, 1.807) is 24.3 Å². The van der Waals surface area contributed by atoms with Crippen LogP contribution in [0.25, 0.3) is 0 Å². The van der Waals surface area contributed by atoms with Crippen LogP contribution >= 0.6 is 0 Å². The van der Waals surface area contributed by atoms with Crippen molar-refractivity contribution in [3.05, 3.63) is 29.8 Å². The van der Waals surface area contributed by atoms with Gasteiger partial charge in [0.25, 0.3) is 0 Å². The van der Waals surface area contributed by atoms with Gasteiger partial charge in [-0.3, -0.25) is 4.79 Å². The minimum absolute atomic E-state index is 0.436. The van der Waals surface area contributed by atoms with Gasteiger partial charge in [-0.25, -0.2) is 4.79 Å². The number of hydrogen-bond donors (Lipinski definition) is 2. The van der Waals surface area contributed by atoms with Gasteiger partial charge < -0.3 is 15.7 Å². The summed E-state index contributed by atoms with van der Waals surface area (Å²) >= 11 is 0. The summed E-state index contributed by atoms with van der Waals surface area (Å²) in [6.07, 6.45) is 3.64. The molecule has 0 aromatic heterocycles. The van der Waals surface area contributed by atoms with Gasteiger partial charge in [-0.2, -0.15) is 0 Å². The molecule has 1 amide bonds. The van der Waals surface area contributed by atoms with Crippen molar-refractivity contribution in [2.45, 2.75) is 31.7 Å². The first-order valence-electron chi connectivity index (χ1n) is 6.49. The summed E-state index contributed by atoms with van der Waals surface area (Å²) in [5.41, 5.74) is 6.46. The number of primary amides is 1. The highest BCUT2D eigenvalue weighted by atomic mass is 16.4. The summed E-state index contributed by atoms with van der Waals surface area (Å²) < 4.78 is 0. The fraction of sp³-hybridized carbons (Fsp3) is 0.429. The number of benzene rings is 1. The van der Waals surface area contributed by atoms with E-state index in [1.807, 2.05) is 4.90 Å². The molecule has 1 aliphatic rings. The summed E-state index contributed by atoms with van der Waals surface area (Å²) in [7, 11) is 0. The van der Waals surface area contributed by atoms with Crippen LogP contribution in [0.5, 0.6) is 0 Å². The van der Waals surface area contributed by atoms with Crippen molar-refractivity contribution in [2.75, 3.05) is 11.4 Å². The summed E-state index contributed by atoms with van der Waals surface area (Å²) in [4.78, 5) is 24.3. The van der Waals surface area contributed by atoms with Crippen LogP contribution in [0.15, 0.2) is 24.3 Å². The molecule has 19 heavy (non-hydrogen) atoms. The molecule has 0 aliphatic carbocycles. The average Bonchev–Trinajstić information content (AvgIpc) is 2.64. The highest BCUT2D eigenvalue weighted by molar-refractivity contribution is 5.93. The SMILES string of the molecule is NC(=O)c1ccc(N2CCCCCC2C(=O)O)cc1. The summed E-state index contributed by atoms with van der Waals surface area (Å²) in [6, 6.07) is 6.33. The molecular formula is C14H18N2O3. The number of carbonyl (C=O) groups is 2. The van der Waals surface area contributed by atoms with Gasteiger partial charge in [0.1, 0.15) is 6.04 Å². The fourth-order valence-electron chi connectivity index (χ4n) is 2.49. The molecule has 3 N–H and O–H groups in total. The quantitative estimate of drug-likeness (QED) is 0.867. The van der Waals surface area contributed by atoms with E-state index in [-0.39, 0.29) is 0 Å². The number of anilines is 1. The van der Waals surface area contributed by atoms with Gasteiger partial charge >= 0.3 is 5.97 Å². The van der Waals surface area contributed by atoms with Crippen LogP contribution in [-0.4, -0.2) is 29.6 Å². The summed E-state index contributed by atoms with van der Waals surface area (Å²) in [5, 5.41) is 9.32. The molecule has 1 atom stereocenters. The van der Waals surface area contributed by atoms with E-state index in [1.165, 1.54) is 0 Å². The van der Waals surface area contributed by atoms with Crippen molar-refractivity contribution in [3.63, 3.8) is 0 Å². The van der Waals surface area contributed by atoms with E-state index in [9.17, 15) is 14.7 Å². The maximum absolute atomic E-state index is 11.4. The standard InChI is InChI=1S/C14H18N2O3/c15-13(17)10-5-7-11(8-6-10)16-9-3-1-2-4-12(16)14(18)19/h5-8,12H,1-4,9H2,(H2,15,17)(H,18,19). The Morgan fingerprint density at radius 3 is 2.42 bits per heavy atom. The van der Waals surface area contributed by atoms with Crippen molar-refractivity contribution >= 4 is 17.6 Å². The third-order valence-corrected chi connectivity index (χ3v) is 3.52. The predicted octanol–water partition coefficient (Wildman–Crippen LogP) is 1.62. The number of carboxylic acids is 1. The minimum atomic E-state index is -0.791. The van der Waals surface area contributed by atoms with Crippen molar-refractivity contribution < 1.29 is 14.7 Å². The zero-order valence-corrected chi connectivity index (χ0v) is 10.7. The Hall–Kier alpha value is -2.04. The van der Waals surface area contributed by atoms with Gasteiger partial charge in [0, 0.05) is 17.8 Å². The molecule has 0 bridgehead atoms. The van der Waals surface area contributed by atoms with Crippen molar-refractivity contribution in [2.24, 2.45) is 5.73 Å². The van der Waals surface area contributed by atoms with E-state index in [2.05, 4.69) is 0 Å². The summed E-state index contributed by atoms with van der Waals surface area (Å²) in [6.45, 7) is 0.729. The highest BCUT2D eigenvalue weighted by Crippen LogP contribution is 2.24. The normalized spacial score (nSPS) is 19.8. The van der Waals surface area contributed by atoms with Crippen LogP contribution in [0.1, 0.15) is 36.0 Å². The van der Waals surface area contributed by atoms with E-state index >= 15 is 0 Å². The largest absolute Gasteiger partial charge is 0.480 e. The lowest BCUT2D eigenvalue weighted by Crippen LogP contribution is -2.40. The Bertz CT molecular complexity index is 470. The molecular weight excluding hydrogens is 244 g/mol. The van der Waals surface area contributed by atoms with E-state index in [0.717, 1.165) is 31.5 Å². The molecule has 1 aliphatic heterocycles. The lowest BCUT2D eigenvalue weighted by molar-refractivity contribution is -0.138. The van der Waals surface area contributed by atoms with E-state index in [0.29, 0.717) is 12.0 Å². The molecule has 1 unspecified atom stereocenters. The van der Waals surface area contributed by atoms with Gasteiger partial charge in [0.2, 0.25) is 5.91 Å². The molecule has 1 aromatic rings. The Morgan fingerprint density at radius 1 is 1.16 bits per heavy atom. The minimum Gasteiger partial charge on any atom is -0.480 e. The first kappa shape index (κ1) is 13.4. The molecule has 0 spiro atoms. The molecule has 1 aromatic carbocycles. The van der Waals surface area contributed by atoms with Gasteiger partial charge in [0.05, 0.1) is 0 Å². The van der Waals surface area contributed by atoms with Crippen LogP contribution in [0, 0.1) is 0 Å². The molecule has 5 nitrogen and oxygen atoms in total. The third kappa shape index (κ3) is 3.05. The lowest BCUT2D eigenvalue weighted by atomic mass is 10.1. The Morgan fingerprint density at radius 2 is 1.84 bits per heavy atom. The Labute approximate surface area is 112 Å². The van der Waals surface area contributed by atoms with Crippen molar-refractivity contribution in [1.82, 2.24) is 0 Å². The first-order chi connectivity index (χ1) is 9.09. The van der Waals surface area contributed by atoms with Gasteiger partial charge in [-0.05, 0) is 37.1 Å². The molecule has 2 rings (SSSR count). The summed E-state index contributed by atoms with van der Waals surface area (Å²) in [5.74, 6) is -1.27. The maximum Gasteiger partial charge on any atom is 0.326 e. The number of nitrogens with zero attached hydrogens (tertiary/aromatic N) is 1. The number of carboxylic acid groups (broad SMARTS) is 1. The van der Waals surface area contributed by atoms with Crippen LogP contribution in [-0.2, 0) is 4.79 Å².